The Morgan fingerprint density at radius 1 is 1.18 bits per heavy atom. The molecule has 0 aliphatic carbocycles. The second-order valence-corrected chi connectivity index (χ2v) is 9.41. The number of nitrogens with zero attached hydrogens (tertiary/aromatic N) is 1. The molecule has 2 atom stereocenters. The van der Waals surface area contributed by atoms with Crippen molar-refractivity contribution in [1.82, 2.24) is 9.62 Å². The van der Waals surface area contributed by atoms with Gasteiger partial charge in [-0.25, -0.2) is 8.42 Å². The molecule has 2 aromatic rings. The summed E-state index contributed by atoms with van der Waals surface area (Å²) in [7, 11) is -3.64. The number of hydrogen-bond acceptors (Lipinski definition) is 3. The van der Waals surface area contributed by atoms with Crippen molar-refractivity contribution in [3.05, 3.63) is 65.2 Å². The molecular weight excluding hydrogens is 396 g/mol. The third-order valence-corrected chi connectivity index (χ3v) is 7.26. The number of amides is 1. The summed E-state index contributed by atoms with van der Waals surface area (Å²) in [4.78, 5) is 13.0. The monoisotopic (exact) mass is 420 g/mol. The van der Waals surface area contributed by atoms with Crippen LogP contribution in [-0.4, -0.2) is 31.7 Å². The number of hydrogen-bond donors (Lipinski definition) is 1. The number of rotatable bonds is 6. The van der Waals surface area contributed by atoms with Crippen molar-refractivity contribution in [1.29, 1.82) is 0 Å². The van der Waals surface area contributed by atoms with E-state index in [-0.39, 0.29) is 29.3 Å². The van der Waals surface area contributed by atoms with E-state index in [0.717, 1.165) is 12.0 Å². The van der Waals surface area contributed by atoms with Crippen molar-refractivity contribution in [2.45, 2.75) is 37.1 Å². The van der Waals surface area contributed by atoms with Gasteiger partial charge in [0.05, 0.1) is 16.9 Å². The van der Waals surface area contributed by atoms with Crippen molar-refractivity contribution in [3.63, 3.8) is 0 Å². The van der Waals surface area contributed by atoms with E-state index in [2.05, 4.69) is 5.32 Å². The van der Waals surface area contributed by atoms with Gasteiger partial charge in [0.1, 0.15) is 0 Å². The molecule has 2 unspecified atom stereocenters. The first-order chi connectivity index (χ1) is 13.4. The van der Waals surface area contributed by atoms with Gasteiger partial charge in [0, 0.05) is 18.1 Å². The molecule has 2 aromatic carbocycles. The minimum absolute atomic E-state index is 0.0723. The summed E-state index contributed by atoms with van der Waals surface area (Å²) in [6, 6.07) is 15.9. The van der Waals surface area contributed by atoms with Crippen LogP contribution in [0.1, 0.15) is 37.8 Å². The maximum absolute atomic E-state index is 12.9. The van der Waals surface area contributed by atoms with E-state index in [0.29, 0.717) is 24.4 Å². The van der Waals surface area contributed by atoms with Crippen LogP contribution in [0.2, 0.25) is 5.02 Å². The number of benzene rings is 2. The molecule has 1 N–H and O–H groups in total. The highest BCUT2D eigenvalue weighted by Gasteiger charge is 2.33. The fourth-order valence-corrected chi connectivity index (χ4v) is 5.18. The van der Waals surface area contributed by atoms with Crippen LogP contribution in [0.25, 0.3) is 0 Å². The van der Waals surface area contributed by atoms with Crippen molar-refractivity contribution in [2.24, 2.45) is 5.92 Å². The average molecular weight is 421 g/mol. The normalized spacial score (nSPS) is 19.1. The Bertz CT molecular complexity index is 901. The lowest BCUT2D eigenvalue weighted by molar-refractivity contribution is -0.126. The first kappa shape index (κ1) is 20.8. The summed E-state index contributed by atoms with van der Waals surface area (Å²) in [5.74, 6) is -0.444. The van der Waals surface area contributed by atoms with Crippen molar-refractivity contribution in [2.75, 3.05) is 13.1 Å². The number of halogens is 1. The Kier molecular flexibility index (Phi) is 6.75. The molecule has 1 aliphatic heterocycles. The maximum atomic E-state index is 12.9. The first-order valence-corrected chi connectivity index (χ1v) is 11.3. The van der Waals surface area contributed by atoms with Crippen molar-refractivity contribution < 1.29 is 13.2 Å². The molecule has 28 heavy (non-hydrogen) atoms. The van der Waals surface area contributed by atoms with Crippen molar-refractivity contribution in [3.8, 4) is 0 Å². The van der Waals surface area contributed by atoms with Crippen LogP contribution in [-0.2, 0) is 14.8 Å². The fraction of sp³-hybridized carbons (Fsp3) is 0.381. The van der Waals surface area contributed by atoms with Gasteiger partial charge in [0.2, 0.25) is 15.9 Å². The highest BCUT2D eigenvalue weighted by atomic mass is 35.5. The van der Waals surface area contributed by atoms with Crippen LogP contribution < -0.4 is 5.32 Å². The quantitative estimate of drug-likeness (QED) is 0.767. The zero-order valence-electron chi connectivity index (χ0n) is 15.8. The zero-order chi connectivity index (χ0) is 20.1. The number of sulfonamides is 1. The molecular formula is C21H25ClN2O3S. The number of carbonyl (C=O) groups is 1. The lowest BCUT2D eigenvalue weighted by atomic mass is 9.97. The number of carbonyl (C=O) groups excluding carboxylic acids is 1. The number of nitrogens with one attached hydrogen (secondary N) is 1. The molecule has 0 bridgehead atoms. The summed E-state index contributed by atoms with van der Waals surface area (Å²) in [6.45, 7) is 2.64. The topological polar surface area (TPSA) is 66.5 Å². The Morgan fingerprint density at radius 3 is 2.50 bits per heavy atom. The SMILES string of the molecule is CCC(NC(=O)C1CCCN(S(=O)(=O)c2ccc(Cl)cc2)C1)c1ccccc1. The molecule has 1 saturated heterocycles. The third-order valence-electron chi connectivity index (χ3n) is 5.13. The molecule has 0 saturated carbocycles. The van der Waals surface area contributed by atoms with Gasteiger partial charge in [-0.15, -0.1) is 0 Å². The molecule has 3 rings (SSSR count). The van der Waals surface area contributed by atoms with Gasteiger partial charge >= 0.3 is 0 Å². The molecule has 0 aromatic heterocycles. The van der Waals surface area contributed by atoms with E-state index in [9.17, 15) is 13.2 Å². The summed E-state index contributed by atoms with van der Waals surface area (Å²) in [6.07, 6.45) is 2.12. The molecule has 5 nitrogen and oxygen atoms in total. The van der Waals surface area contributed by atoms with Gasteiger partial charge in [-0.1, -0.05) is 48.9 Å². The molecule has 1 amide bonds. The van der Waals surface area contributed by atoms with E-state index >= 15 is 0 Å². The highest BCUT2D eigenvalue weighted by molar-refractivity contribution is 7.89. The minimum Gasteiger partial charge on any atom is -0.349 e. The second kappa shape index (κ2) is 9.07. The summed E-state index contributed by atoms with van der Waals surface area (Å²) in [5.41, 5.74) is 1.06. The Morgan fingerprint density at radius 2 is 1.86 bits per heavy atom. The molecule has 7 heteroatoms. The zero-order valence-corrected chi connectivity index (χ0v) is 17.4. The lowest BCUT2D eigenvalue weighted by Gasteiger charge is -2.32. The van der Waals surface area contributed by atoms with Gasteiger partial charge in [-0.3, -0.25) is 4.79 Å². The third kappa shape index (κ3) is 4.74. The van der Waals surface area contributed by atoms with E-state index in [1.165, 1.54) is 16.4 Å². The summed E-state index contributed by atoms with van der Waals surface area (Å²) in [5, 5.41) is 3.58. The summed E-state index contributed by atoms with van der Waals surface area (Å²) >= 11 is 5.86. The predicted molar refractivity (Wildman–Crippen MR) is 111 cm³/mol. The molecule has 1 aliphatic rings. The molecule has 150 valence electrons. The van der Waals surface area contributed by atoms with Gasteiger partial charge in [0.25, 0.3) is 0 Å². The Balaban J connectivity index is 1.70. The van der Waals surface area contributed by atoms with E-state index in [1.54, 1.807) is 12.1 Å². The fourth-order valence-electron chi connectivity index (χ4n) is 3.53. The molecule has 1 heterocycles. The van der Waals surface area contributed by atoms with Crippen LogP contribution in [0.3, 0.4) is 0 Å². The Hall–Kier alpha value is -1.89. The predicted octanol–water partition coefficient (Wildman–Crippen LogP) is 4.01. The van der Waals surface area contributed by atoms with E-state index in [4.69, 9.17) is 11.6 Å². The van der Waals surface area contributed by atoms with E-state index in [1.807, 2.05) is 37.3 Å². The van der Waals surface area contributed by atoms with Crippen LogP contribution in [0.15, 0.2) is 59.5 Å². The first-order valence-electron chi connectivity index (χ1n) is 9.53. The molecule has 0 radical (unpaired) electrons. The van der Waals surface area contributed by atoms with Crippen LogP contribution in [0.4, 0.5) is 0 Å². The minimum atomic E-state index is -3.64. The Labute approximate surface area is 171 Å². The van der Waals surface area contributed by atoms with Gasteiger partial charge in [-0.05, 0) is 49.1 Å². The molecule has 1 fully saturated rings. The molecule has 0 spiro atoms. The largest absolute Gasteiger partial charge is 0.349 e. The van der Waals surface area contributed by atoms with Gasteiger partial charge in [-0.2, -0.15) is 4.31 Å². The van der Waals surface area contributed by atoms with Crippen LogP contribution in [0, 0.1) is 5.92 Å². The second-order valence-electron chi connectivity index (χ2n) is 7.04. The maximum Gasteiger partial charge on any atom is 0.243 e. The summed E-state index contributed by atoms with van der Waals surface area (Å²) < 4.78 is 27.2. The van der Waals surface area contributed by atoms with Gasteiger partial charge < -0.3 is 5.32 Å². The standard InChI is InChI=1S/C21H25ClN2O3S/c1-2-20(16-7-4-3-5-8-16)23-21(25)17-9-6-14-24(15-17)28(26,27)19-12-10-18(22)11-13-19/h3-5,7-8,10-13,17,20H,2,6,9,14-15H2,1H3,(H,23,25). The van der Waals surface area contributed by atoms with Crippen molar-refractivity contribution >= 4 is 27.5 Å². The van der Waals surface area contributed by atoms with Crippen LogP contribution >= 0.6 is 11.6 Å². The van der Waals surface area contributed by atoms with Gasteiger partial charge in [0.15, 0.2) is 0 Å². The smallest absolute Gasteiger partial charge is 0.243 e. The van der Waals surface area contributed by atoms with E-state index < -0.39 is 10.0 Å². The number of piperidine rings is 1. The van der Waals surface area contributed by atoms with Crippen LogP contribution in [0.5, 0.6) is 0 Å². The lowest BCUT2D eigenvalue weighted by Crippen LogP contribution is -2.46. The average Bonchev–Trinajstić information content (AvgIpc) is 2.73. The highest BCUT2D eigenvalue weighted by Crippen LogP contribution is 2.26.